The Balaban J connectivity index is 1.58. The number of pyridine rings is 1. The fourth-order valence-corrected chi connectivity index (χ4v) is 3.45. The van der Waals surface area contributed by atoms with Crippen LogP contribution in [0.25, 0.3) is 17.1 Å². The van der Waals surface area contributed by atoms with Gasteiger partial charge in [0.15, 0.2) is 10.8 Å². The summed E-state index contributed by atoms with van der Waals surface area (Å²) < 4.78 is 45.9. The van der Waals surface area contributed by atoms with Crippen LogP contribution in [0.15, 0.2) is 58.2 Å². The van der Waals surface area contributed by atoms with Crippen molar-refractivity contribution in [3.05, 3.63) is 65.7 Å². The Morgan fingerprint density at radius 1 is 1.07 bits per heavy atom. The molecule has 0 radical (unpaired) electrons. The highest BCUT2D eigenvalue weighted by Gasteiger charge is 2.31. The van der Waals surface area contributed by atoms with Crippen LogP contribution in [0.2, 0.25) is 0 Å². The van der Waals surface area contributed by atoms with E-state index in [9.17, 15) is 13.2 Å². The van der Waals surface area contributed by atoms with E-state index in [2.05, 4.69) is 15.2 Å². The topological polar surface area (TPSA) is 56.2 Å². The Morgan fingerprint density at radius 2 is 1.85 bits per heavy atom. The fourth-order valence-electron chi connectivity index (χ4n) is 2.53. The van der Waals surface area contributed by atoms with Gasteiger partial charge in [-0.15, -0.1) is 10.2 Å². The highest BCUT2D eigenvalue weighted by atomic mass is 32.2. The molecule has 0 fully saturated rings. The molecule has 0 amide bonds. The van der Waals surface area contributed by atoms with Crippen molar-refractivity contribution in [3.8, 4) is 11.5 Å². The van der Waals surface area contributed by atoms with Crippen LogP contribution in [0.5, 0.6) is 0 Å². The molecule has 4 aromatic rings. The summed E-state index contributed by atoms with van der Waals surface area (Å²) >= 11 is 1.25. The lowest BCUT2D eigenvalue weighted by molar-refractivity contribution is -0.137. The van der Waals surface area contributed by atoms with E-state index in [4.69, 9.17) is 4.42 Å². The number of halogens is 3. The van der Waals surface area contributed by atoms with Gasteiger partial charge in [-0.1, -0.05) is 30.0 Å². The first-order chi connectivity index (χ1) is 12.9. The van der Waals surface area contributed by atoms with Crippen molar-refractivity contribution in [3.63, 3.8) is 0 Å². The van der Waals surface area contributed by atoms with Gasteiger partial charge in [0, 0.05) is 17.5 Å². The number of hydrogen-bond acceptors (Lipinski definition) is 5. The number of benzene rings is 1. The van der Waals surface area contributed by atoms with E-state index in [0.29, 0.717) is 33.9 Å². The lowest BCUT2D eigenvalue weighted by Gasteiger charge is -2.07. The molecule has 5 nitrogen and oxygen atoms in total. The fraction of sp³-hybridized carbons (Fsp3) is 0.167. The third kappa shape index (κ3) is 3.55. The Hall–Kier alpha value is -2.81. The molecule has 0 aliphatic heterocycles. The van der Waals surface area contributed by atoms with Gasteiger partial charge in [0.2, 0.25) is 5.89 Å². The molecule has 1 aromatic carbocycles. The van der Waals surface area contributed by atoms with Crippen molar-refractivity contribution < 1.29 is 17.6 Å². The van der Waals surface area contributed by atoms with Crippen LogP contribution < -0.4 is 0 Å². The number of rotatable bonds is 4. The van der Waals surface area contributed by atoms with Gasteiger partial charge in [0.1, 0.15) is 5.76 Å². The van der Waals surface area contributed by atoms with Crippen molar-refractivity contribution in [1.82, 2.24) is 19.6 Å². The summed E-state index contributed by atoms with van der Waals surface area (Å²) in [5.41, 5.74) is 1.18. The highest BCUT2D eigenvalue weighted by Crippen LogP contribution is 2.31. The summed E-state index contributed by atoms with van der Waals surface area (Å²) in [6.45, 7) is 1.80. The van der Waals surface area contributed by atoms with Crippen LogP contribution >= 0.6 is 11.8 Å². The van der Waals surface area contributed by atoms with Gasteiger partial charge in [0.05, 0.1) is 11.3 Å². The summed E-state index contributed by atoms with van der Waals surface area (Å²) in [5, 5.41) is 8.25. The molecule has 0 saturated carbocycles. The second-order valence-electron chi connectivity index (χ2n) is 5.80. The summed E-state index contributed by atoms with van der Waals surface area (Å²) in [4.78, 5) is 4.49. The Bertz CT molecular complexity index is 1090. The molecule has 0 bridgehead atoms. The van der Waals surface area contributed by atoms with Crippen molar-refractivity contribution in [2.24, 2.45) is 0 Å². The quantitative estimate of drug-likeness (QED) is 0.459. The third-order valence-corrected chi connectivity index (χ3v) is 4.90. The number of alkyl halides is 3. The van der Waals surface area contributed by atoms with Crippen molar-refractivity contribution in [1.29, 1.82) is 0 Å². The smallest absolute Gasteiger partial charge is 0.417 e. The Labute approximate surface area is 156 Å². The number of aryl methyl sites for hydroxylation is 1. The molecule has 0 unspecified atom stereocenters. The van der Waals surface area contributed by atoms with Crippen LogP contribution in [-0.2, 0) is 11.9 Å². The van der Waals surface area contributed by atoms with Crippen LogP contribution in [0.4, 0.5) is 13.2 Å². The normalized spacial score (nSPS) is 12.0. The van der Waals surface area contributed by atoms with E-state index in [1.807, 2.05) is 30.3 Å². The molecule has 0 N–H and O–H groups in total. The summed E-state index contributed by atoms with van der Waals surface area (Å²) in [7, 11) is 0. The average molecular weight is 390 g/mol. The van der Waals surface area contributed by atoms with E-state index >= 15 is 0 Å². The van der Waals surface area contributed by atoms with Crippen LogP contribution in [0.1, 0.15) is 17.0 Å². The zero-order valence-corrected chi connectivity index (χ0v) is 14.9. The monoisotopic (exact) mass is 390 g/mol. The zero-order valence-electron chi connectivity index (χ0n) is 14.1. The Kier molecular flexibility index (Phi) is 4.39. The minimum atomic E-state index is -4.42. The van der Waals surface area contributed by atoms with Gasteiger partial charge < -0.3 is 4.42 Å². The van der Waals surface area contributed by atoms with Crippen molar-refractivity contribution in [2.75, 3.05) is 0 Å². The maximum atomic E-state index is 12.9. The molecule has 0 aliphatic carbocycles. The summed E-state index contributed by atoms with van der Waals surface area (Å²) in [6, 6.07) is 11.8. The lowest BCUT2D eigenvalue weighted by atomic mass is 10.2. The molecule has 0 spiro atoms. The Morgan fingerprint density at radius 3 is 2.59 bits per heavy atom. The van der Waals surface area contributed by atoms with Crippen LogP contribution in [0.3, 0.4) is 0 Å². The first-order valence-electron chi connectivity index (χ1n) is 7.98. The van der Waals surface area contributed by atoms with Crippen LogP contribution in [0, 0.1) is 6.92 Å². The van der Waals surface area contributed by atoms with Gasteiger partial charge >= 0.3 is 6.18 Å². The van der Waals surface area contributed by atoms with Crippen molar-refractivity contribution >= 4 is 17.4 Å². The van der Waals surface area contributed by atoms with E-state index in [-0.39, 0.29) is 0 Å². The maximum absolute atomic E-state index is 12.9. The second-order valence-corrected chi connectivity index (χ2v) is 6.75. The maximum Gasteiger partial charge on any atom is 0.417 e. The minimum Gasteiger partial charge on any atom is -0.441 e. The first kappa shape index (κ1) is 17.6. The number of nitrogens with zero attached hydrogens (tertiary/aromatic N) is 4. The van der Waals surface area contributed by atoms with Gasteiger partial charge in [-0.2, -0.15) is 13.2 Å². The van der Waals surface area contributed by atoms with E-state index < -0.39 is 11.7 Å². The summed E-state index contributed by atoms with van der Waals surface area (Å²) in [5.74, 6) is 1.57. The molecule has 27 heavy (non-hydrogen) atoms. The van der Waals surface area contributed by atoms with E-state index in [0.717, 1.165) is 17.8 Å². The van der Waals surface area contributed by atoms with Crippen LogP contribution in [-0.4, -0.2) is 19.6 Å². The zero-order chi connectivity index (χ0) is 19.0. The first-order valence-corrected chi connectivity index (χ1v) is 8.97. The van der Waals surface area contributed by atoms with Gasteiger partial charge in [-0.25, -0.2) is 4.98 Å². The molecule has 3 aromatic heterocycles. The molecule has 9 heteroatoms. The molecule has 0 atom stereocenters. The largest absolute Gasteiger partial charge is 0.441 e. The standard InChI is InChI=1S/C18H13F3N4OS/c1-11-14(22-16(26-11)12-5-3-2-4-6-12)10-27-17-24-23-15-8-7-13(9-25(15)17)18(19,20)21/h2-9H,10H2,1H3. The highest BCUT2D eigenvalue weighted by molar-refractivity contribution is 7.98. The minimum absolute atomic E-state index is 0.354. The van der Waals surface area contributed by atoms with E-state index in [1.54, 1.807) is 6.92 Å². The molecule has 0 saturated heterocycles. The van der Waals surface area contributed by atoms with Crippen molar-refractivity contribution in [2.45, 2.75) is 24.0 Å². The van der Waals surface area contributed by atoms with Gasteiger partial charge in [-0.05, 0) is 31.2 Å². The average Bonchev–Trinajstić information content (AvgIpc) is 3.23. The molecular formula is C18H13F3N4OS. The second kappa shape index (κ2) is 6.73. The number of fused-ring (bicyclic) bond motifs is 1. The van der Waals surface area contributed by atoms with Gasteiger partial charge in [-0.3, -0.25) is 4.40 Å². The van der Waals surface area contributed by atoms with Gasteiger partial charge in [0.25, 0.3) is 0 Å². The summed E-state index contributed by atoms with van der Waals surface area (Å²) in [6.07, 6.45) is -3.42. The molecular weight excluding hydrogens is 377 g/mol. The predicted octanol–water partition coefficient (Wildman–Crippen LogP) is 5.00. The molecule has 3 heterocycles. The lowest BCUT2D eigenvalue weighted by Crippen LogP contribution is -2.06. The predicted molar refractivity (Wildman–Crippen MR) is 94.2 cm³/mol. The van der Waals surface area contributed by atoms with E-state index in [1.165, 1.54) is 22.2 Å². The SMILES string of the molecule is Cc1oc(-c2ccccc2)nc1CSc1nnc2ccc(C(F)(F)F)cn12. The number of aromatic nitrogens is 4. The molecule has 138 valence electrons. The number of hydrogen-bond donors (Lipinski definition) is 0. The molecule has 0 aliphatic rings. The third-order valence-electron chi connectivity index (χ3n) is 3.95. The number of oxazole rings is 1. The molecule has 4 rings (SSSR count). The number of thioether (sulfide) groups is 1.